The van der Waals surface area contributed by atoms with Gasteiger partial charge in [0, 0.05) is 6.61 Å². The molecule has 0 radical (unpaired) electrons. The van der Waals surface area contributed by atoms with E-state index in [0.717, 1.165) is 25.9 Å². The summed E-state index contributed by atoms with van der Waals surface area (Å²) in [6.45, 7) is 0.804. The molecular formula is C11H17NO. The largest absolute Gasteiger partial charge is 0.374 e. The number of nitrogens with zero attached hydrogens (tertiary/aromatic N) is 1. The molecule has 0 bridgehead atoms. The van der Waals surface area contributed by atoms with Crippen LogP contribution in [0.1, 0.15) is 44.9 Å². The van der Waals surface area contributed by atoms with E-state index >= 15 is 0 Å². The van der Waals surface area contributed by atoms with E-state index in [2.05, 4.69) is 6.07 Å². The number of hydrogen-bond donors (Lipinski definition) is 0. The molecule has 2 rings (SSSR count). The smallest absolute Gasteiger partial charge is 0.0840 e. The first kappa shape index (κ1) is 9.02. The van der Waals surface area contributed by atoms with Crippen molar-refractivity contribution in [2.45, 2.75) is 50.5 Å². The van der Waals surface area contributed by atoms with Gasteiger partial charge in [0.15, 0.2) is 0 Å². The van der Waals surface area contributed by atoms with Crippen LogP contribution in [0.3, 0.4) is 0 Å². The van der Waals surface area contributed by atoms with Crippen molar-refractivity contribution in [2.24, 2.45) is 5.92 Å². The van der Waals surface area contributed by atoms with Crippen LogP contribution in [-0.2, 0) is 4.74 Å². The van der Waals surface area contributed by atoms with Gasteiger partial charge in [-0.3, -0.25) is 0 Å². The molecule has 2 heteroatoms. The highest BCUT2D eigenvalue weighted by atomic mass is 16.5. The van der Waals surface area contributed by atoms with Crippen molar-refractivity contribution in [1.29, 1.82) is 5.26 Å². The lowest BCUT2D eigenvalue weighted by molar-refractivity contribution is -0.0225. The van der Waals surface area contributed by atoms with Gasteiger partial charge in [-0.1, -0.05) is 25.7 Å². The summed E-state index contributed by atoms with van der Waals surface area (Å²) in [6, 6.07) is 2.43. The maximum atomic E-state index is 9.05. The Bertz CT molecular complexity index is 211. The van der Waals surface area contributed by atoms with Gasteiger partial charge in [-0.25, -0.2) is 0 Å². The molecule has 1 aliphatic heterocycles. The number of hydrogen-bond acceptors (Lipinski definition) is 2. The summed E-state index contributed by atoms with van der Waals surface area (Å²) in [4.78, 5) is 0. The van der Waals surface area contributed by atoms with E-state index in [1.54, 1.807) is 0 Å². The van der Waals surface area contributed by atoms with E-state index in [-0.39, 0.29) is 11.5 Å². The highest BCUT2D eigenvalue weighted by Crippen LogP contribution is 2.42. The second-order valence-electron chi connectivity index (χ2n) is 4.30. The molecule has 1 spiro atoms. The minimum atomic E-state index is -0.0365. The Kier molecular flexibility index (Phi) is 2.55. The lowest BCUT2D eigenvalue weighted by Gasteiger charge is -2.29. The Hall–Kier alpha value is -0.550. The summed E-state index contributed by atoms with van der Waals surface area (Å²) >= 11 is 0. The molecule has 1 heterocycles. The third-order valence-electron chi connectivity index (χ3n) is 3.54. The van der Waals surface area contributed by atoms with Crippen molar-refractivity contribution in [3.8, 4) is 6.07 Å². The molecule has 13 heavy (non-hydrogen) atoms. The van der Waals surface area contributed by atoms with Crippen LogP contribution in [0, 0.1) is 17.2 Å². The van der Waals surface area contributed by atoms with Crippen molar-refractivity contribution in [2.75, 3.05) is 6.61 Å². The number of ether oxygens (including phenoxy) is 1. The van der Waals surface area contributed by atoms with E-state index < -0.39 is 0 Å². The third kappa shape index (κ3) is 1.58. The standard InChI is InChI=1S/C11H17NO/c12-9-10-5-8-13-11(10)6-3-1-2-4-7-11/h10H,1-8H2. The summed E-state index contributed by atoms with van der Waals surface area (Å²) < 4.78 is 5.84. The van der Waals surface area contributed by atoms with Crippen LogP contribution in [-0.4, -0.2) is 12.2 Å². The summed E-state index contributed by atoms with van der Waals surface area (Å²) in [5.41, 5.74) is -0.0365. The van der Waals surface area contributed by atoms with Gasteiger partial charge in [0.1, 0.15) is 0 Å². The lowest BCUT2D eigenvalue weighted by atomic mass is 9.82. The molecule has 0 N–H and O–H groups in total. The summed E-state index contributed by atoms with van der Waals surface area (Å²) in [6.07, 6.45) is 8.33. The summed E-state index contributed by atoms with van der Waals surface area (Å²) in [7, 11) is 0. The molecule has 0 amide bonds. The molecule has 1 saturated carbocycles. The van der Waals surface area contributed by atoms with E-state index in [1.165, 1.54) is 25.7 Å². The maximum Gasteiger partial charge on any atom is 0.0840 e. The third-order valence-corrected chi connectivity index (χ3v) is 3.54. The Balaban J connectivity index is 2.12. The molecule has 2 nitrogen and oxygen atoms in total. The molecule has 72 valence electrons. The van der Waals surface area contributed by atoms with Crippen molar-refractivity contribution in [1.82, 2.24) is 0 Å². The van der Waals surface area contributed by atoms with Crippen LogP contribution in [0.15, 0.2) is 0 Å². The molecule has 1 atom stereocenters. The highest BCUT2D eigenvalue weighted by Gasteiger charge is 2.44. The molecule has 0 aromatic carbocycles. The molecule has 0 aromatic heterocycles. The second kappa shape index (κ2) is 3.67. The molecular weight excluding hydrogens is 162 g/mol. The Labute approximate surface area is 79.9 Å². The van der Waals surface area contributed by atoms with Gasteiger partial charge in [-0.05, 0) is 19.3 Å². The normalized spacial score (nSPS) is 32.7. The van der Waals surface area contributed by atoms with Crippen molar-refractivity contribution < 1.29 is 4.74 Å². The maximum absolute atomic E-state index is 9.05. The Morgan fingerprint density at radius 3 is 2.46 bits per heavy atom. The second-order valence-corrected chi connectivity index (χ2v) is 4.30. The monoisotopic (exact) mass is 179 g/mol. The predicted octanol–water partition coefficient (Wildman–Crippen LogP) is 2.64. The summed E-state index contributed by atoms with van der Waals surface area (Å²) in [5.74, 6) is 0.172. The molecule has 0 aromatic rings. The average molecular weight is 179 g/mol. The number of nitriles is 1. The SMILES string of the molecule is N#CC1CCOC12CCCCCC2. The minimum absolute atomic E-state index is 0.0365. The van der Waals surface area contributed by atoms with Gasteiger partial charge in [0.05, 0.1) is 17.6 Å². The average Bonchev–Trinajstić information content (AvgIpc) is 2.37. The molecule has 2 aliphatic rings. The first-order valence-electron chi connectivity index (χ1n) is 5.41. The fourth-order valence-electron chi connectivity index (χ4n) is 2.75. The van der Waals surface area contributed by atoms with E-state index in [1.807, 2.05) is 0 Å². The van der Waals surface area contributed by atoms with Crippen molar-refractivity contribution >= 4 is 0 Å². The molecule has 2 fully saturated rings. The Morgan fingerprint density at radius 2 is 1.85 bits per heavy atom. The fraction of sp³-hybridized carbons (Fsp3) is 0.909. The van der Waals surface area contributed by atoms with Crippen LogP contribution in [0.2, 0.25) is 0 Å². The van der Waals surface area contributed by atoms with Gasteiger partial charge in [0.2, 0.25) is 0 Å². The van der Waals surface area contributed by atoms with Gasteiger partial charge in [0.25, 0.3) is 0 Å². The van der Waals surface area contributed by atoms with E-state index in [4.69, 9.17) is 10.00 Å². The van der Waals surface area contributed by atoms with Crippen molar-refractivity contribution in [3.63, 3.8) is 0 Å². The van der Waals surface area contributed by atoms with Crippen LogP contribution in [0.25, 0.3) is 0 Å². The zero-order valence-electron chi connectivity index (χ0n) is 8.09. The van der Waals surface area contributed by atoms with Gasteiger partial charge in [-0.15, -0.1) is 0 Å². The topological polar surface area (TPSA) is 33.0 Å². The predicted molar refractivity (Wildman–Crippen MR) is 50.1 cm³/mol. The first-order valence-corrected chi connectivity index (χ1v) is 5.41. The number of rotatable bonds is 0. The quantitative estimate of drug-likeness (QED) is 0.572. The van der Waals surface area contributed by atoms with E-state index in [0.29, 0.717) is 0 Å². The Morgan fingerprint density at radius 1 is 1.15 bits per heavy atom. The van der Waals surface area contributed by atoms with Gasteiger partial charge < -0.3 is 4.74 Å². The highest BCUT2D eigenvalue weighted by molar-refractivity contribution is 5.03. The zero-order valence-corrected chi connectivity index (χ0v) is 8.09. The fourth-order valence-corrected chi connectivity index (χ4v) is 2.75. The van der Waals surface area contributed by atoms with Crippen molar-refractivity contribution in [3.05, 3.63) is 0 Å². The molecule has 1 aliphatic carbocycles. The lowest BCUT2D eigenvalue weighted by Crippen LogP contribution is -2.33. The van der Waals surface area contributed by atoms with Gasteiger partial charge in [-0.2, -0.15) is 5.26 Å². The molecule has 1 saturated heterocycles. The van der Waals surface area contributed by atoms with Gasteiger partial charge >= 0.3 is 0 Å². The van der Waals surface area contributed by atoms with Crippen LogP contribution >= 0.6 is 0 Å². The van der Waals surface area contributed by atoms with E-state index in [9.17, 15) is 0 Å². The van der Waals surface area contributed by atoms with Crippen LogP contribution in [0.4, 0.5) is 0 Å². The zero-order chi connectivity index (χ0) is 9.15. The van der Waals surface area contributed by atoms with Crippen LogP contribution in [0.5, 0.6) is 0 Å². The summed E-state index contributed by atoms with van der Waals surface area (Å²) in [5, 5.41) is 9.05. The minimum Gasteiger partial charge on any atom is -0.374 e. The van der Waals surface area contributed by atoms with Crippen LogP contribution < -0.4 is 0 Å². The first-order chi connectivity index (χ1) is 6.37. The molecule has 1 unspecified atom stereocenters.